The maximum atomic E-state index is 14.9. The van der Waals surface area contributed by atoms with Crippen molar-refractivity contribution in [3.63, 3.8) is 0 Å². The highest BCUT2D eigenvalue weighted by atomic mass is 19.4. The molecule has 2 nitrogen and oxygen atoms in total. The number of hydrogen-bond donors (Lipinski definition) is 0. The SMILES string of the molecule is CCCCCC1CCC(c2ccc(-c3cc(F)c(C(=O)Oc4cc(F)c(/C(F)=C/C(F)(F)F)c(F)c4)c(F)c3)cc2)CC1. The first-order valence-corrected chi connectivity index (χ1v) is 14.1. The van der Waals surface area contributed by atoms with Crippen LogP contribution in [0, 0.1) is 29.2 Å². The minimum Gasteiger partial charge on any atom is -0.423 e. The number of hydrogen-bond acceptors (Lipinski definition) is 2. The fourth-order valence-corrected chi connectivity index (χ4v) is 5.56. The van der Waals surface area contributed by atoms with E-state index in [1.165, 1.54) is 38.5 Å². The van der Waals surface area contributed by atoms with Crippen LogP contribution in [0.4, 0.5) is 35.1 Å². The lowest BCUT2D eigenvalue weighted by Gasteiger charge is -2.29. The third-order valence-electron chi connectivity index (χ3n) is 7.78. The van der Waals surface area contributed by atoms with E-state index in [1.54, 1.807) is 12.1 Å². The molecular weight excluding hydrogens is 580 g/mol. The summed E-state index contributed by atoms with van der Waals surface area (Å²) < 4.78 is 114. The number of ether oxygens (including phenoxy) is 1. The highest BCUT2D eigenvalue weighted by molar-refractivity contribution is 5.92. The van der Waals surface area contributed by atoms with Crippen LogP contribution in [0.1, 0.15) is 85.7 Å². The van der Waals surface area contributed by atoms with Crippen molar-refractivity contribution in [3.05, 3.63) is 94.6 Å². The number of unbranched alkanes of at least 4 members (excludes halogenated alkanes) is 2. The summed E-state index contributed by atoms with van der Waals surface area (Å²) in [6, 6.07) is 9.62. The Bertz CT molecular complexity index is 1420. The van der Waals surface area contributed by atoms with E-state index < -0.39 is 64.2 Å². The number of halogens is 8. The van der Waals surface area contributed by atoms with Gasteiger partial charge in [0.15, 0.2) is 0 Å². The molecule has 0 atom stereocenters. The molecule has 0 amide bonds. The topological polar surface area (TPSA) is 26.3 Å². The third-order valence-corrected chi connectivity index (χ3v) is 7.78. The minimum absolute atomic E-state index is 0.145. The highest BCUT2D eigenvalue weighted by Crippen LogP contribution is 2.38. The number of esters is 1. The summed E-state index contributed by atoms with van der Waals surface area (Å²) >= 11 is 0. The Kier molecular flexibility index (Phi) is 10.3. The summed E-state index contributed by atoms with van der Waals surface area (Å²) in [6.07, 6.45) is 3.40. The first-order chi connectivity index (χ1) is 20.4. The van der Waals surface area contributed by atoms with Gasteiger partial charge in [-0.1, -0.05) is 56.9 Å². The molecule has 3 aromatic carbocycles. The number of rotatable bonds is 9. The van der Waals surface area contributed by atoms with Crippen molar-refractivity contribution < 1.29 is 44.7 Å². The lowest BCUT2D eigenvalue weighted by Crippen LogP contribution is -2.14. The normalized spacial score (nSPS) is 17.7. The molecule has 3 aromatic rings. The van der Waals surface area contributed by atoms with Crippen molar-refractivity contribution in [1.82, 2.24) is 0 Å². The second-order valence-electron chi connectivity index (χ2n) is 10.8. The van der Waals surface area contributed by atoms with Crippen LogP contribution in [0.25, 0.3) is 17.0 Å². The molecule has 0 spiro atoms. The largest absolute Gasteiger partial charge is 0.423 e. The molecule has 230 valence electrons. The van der Waals surface area contributed by atoms with Gasteiger partial charge in [-0.2, -0.15) is 13.2 Å². The molecule has 0 aromatic heterocycles. The molecule has 4 rings (SSSR count). The molecule has 1 saturated carbocycles. The Balaban J connectivity index is 1.45. The van der Waals surface area contributed by atoms with Gasteiger partial charge in [-0.25, -0.2) is 26.7 Å². The Morgan fingerprint density at radius 2 is 1.37 bits per heavy atom. The summed E-state index contributed by atoms with van der Waals surface area (Å²) in [7, 11) is 0. The molecule has 1 aliphatic rings. The molecule has 1 aliphatic carbocycles. The van der Waals surface area contributed by atoms with Crippen molar-refractivity contribution >= 4 is 11.8 Å². The summed E-state index contributed by atoms with van der Waals surface area (Å²) in [5, 5.41) is 0. The van der Waals surface area contributed by atoms with Gasteiger partial charge in [0.05, 0.1) is 11.6 Å². The van der Waals surface area contributed by atoms with Gasteiger partial charge in [0, 0.05) is 12.1 Å². The first-order valence-electron chi connectivity index (χ1n) is 14.1. The standard InChI is InChI=1S/C33H30F8O2/c1-2-3-4-5-19-6-8-20(9-7-19)21-10-12-22(13-11-21)23-14-25(34)31(26(35)15-23)32(42)43-24-16-27(36)30(28(37)17-24)29(38)18-33(39,40)41/h10-20H,2-9H2,1H3/b29-18-. The smallest absolute Gasteiger partial charge is 0.412 e. The van der Waals surface area contributed by atoms with E-state index in [2.05, 4.69) is 11.7 Å². The molecular formula is C33H30F8O2. The zero-order valence-corrected chi connectivity index (χ0v) is 23.3. The van der Waals surface area contributed by atoms with E-state index in [-0.39, 0.29) is 17.7 Å². The third kappa shape index (κ3) is 8.24. The van der Waals surface area contributed by atoms with E-state index in [0.29, 0.717) is 11.5 Å². The molecule has 0 heterocycles. The Labute approximate surface area is 244 Å². The van der Waals surface area contributed by atoms with Gasteiger partial charge >= 0.3 is 12.1 Å². The van der Waals surface area contributed by atoms with Crippen LogP contribution < -0.4 is 4.74 Å². The Hall–Kier alpha value is -3.69. The predicted molar refractivity (Wildman–Crippen MR) is 147 cm³/mol. The number of allylic oxidation sites excluding steroid dienone is 1. The monoisotopic (exact) mass is 610 g/mol. The van der Waals surface area contributed by atoms with E-state index >= 15 is 0 Å². The lowest BCUT2D eigenvalue weighted by atomic mass is 9.77. The minimum atomic E-state index is -5.19. The number of benzene rings is 3. The number of carbonyl (C=O) groups excluding carboxylic acids is 1. The van der Waals surface area contributed by atoms with Gasteiger partial charge in [0.1, 0.15) is 40.4 Å². The molecule has 0 radical (unpaired) electrons. The lowest BCUT2D eigenvalue weighted by molar-refractivity contribution is -0.0798. The van der Waals surface area contributed by atoms with Crippen molar-refractivity contribution in [2.24, 2.45) is 5.92 Å². The van der Waals surface area contributed by atoms with Crippen LogP contribution in [0.3, 0.4) is 0 Å². The maximum Gasteiger partial charge on any atom is 0.412 e. The summed E-state index contributed by atoms with van der Waals surface area (Å²) in [4.78, 5) is 12.5. The first kappa shape index (κ1) is 32.2. The second kappa shape index (κ2) is 13.7. The van der Waals surface area contributed by atoms with Crippen molar-refractivity contribution in [3.8, 4) is 16.9 Å². The molecule has 1 fully saturated rings. The van der Waals surface area contributed by atoms with Gasteiger partial charge in [-0.15, -0.1) is 0 Å². The van der Waals surface area contributed by atoms with Gasteiger partial charge < -0.3 is 4.74 Å². The average Bonchev–Trinajstić information content (AvgIpc) is 2.92. The molecule has 0 bridgehead atoms. The summed E-state index contributed by atoms with van der Waals surface area (Å²) in [5.74, 6) is -9.89. The summed E-state index contributed by atoms with van der Waals surface area (Å²) in [6.45, 7) is 2.19. The molecule has 10 heteroatoms. The van der Waals surface area contributed by atoms with E-state index in [9.17, 15) is 39.9 Å². The van der Waals surface area contributed by atoms with Crippen LogP contribution in [-0.4, -0.2) is 12.1 Å². The fraction of sp³-hybridized carbons (Fsp3) is 0.364. The average molecular weight is 611 g/mol. The van der Waals surface area contributed by atoms with Gasteiger partial charge in [-0.05, 0) is 66.3 Å². The van der Waals surface area contributed by atoms with Crippen molar-refractivity contribution in [2.45, 2.75) is 70.4 Å². The van der Waals surface area contributed by atoms with Crippen LogP contribution in [-0.2, 0) is 0 Å². The van der Waals surface area contributed by atoms with Crippen LogP contribution >= 0.6 is 0 Å². The van der Waals surface area contributed by atoms with Crippen LogP contribution in [0.5, 0.6) is 5.75 Å². The zero-order valence-electron chi connectivity index (χ0n) is 23.3. The zero-order chi connectivity index (χ0) is 31.3. The van der Waals surface area contributed by atoms with Gasteiger partial charge in [0.2, 0.25) is 0 Å². The molecule has 43 heavy (non-hydrogen) atoms. The Morgan fingerprint density at radius 3 is 1.91 bits per heavy atom. The molecule has 0 N–H and O–H groups in total. The van der Waals surface area contributed by atoms with Crippen LogP contribution in [0.2, 0.25) is 0 Å². The second-order valence-corrected chi connectivity index (χ2v) is 10.8. The fourth-order valence-electron chi connectivity index (χ4n) is 5.56. The number of carbonyl (C=O) groups is 1. The molecule has 0 aliphatic heterocycles. The number of alkyl halides is 3. The van der Waals surface area contributed by atoms with Gasteiger partial charge in [0.25, 0.3) is 0 Å². The van der Waals surface area contributed by atoms with E-state index in [0.717, 1.165) is 36.5 Å². The van der Waals surface area contributed by atoms with E-state index in [4.69, 9.17) is 0 Å². The predicted octanol–water partition coefficient (Wildman–Crippen LogP) is 10.9. The van der Waals surface area contributed by atoms with Crippen LogP contribution in [0.15, 0.2) is 54.6 Å². The van der Waals surface area contributed by atoms with Crippen molar-refractivity contribution in [2.75, 3.05) is 0 Å². The summed E-state index contributed by atoms with van der Waals surface area (Å²) in [5.41, 5.74) is -0.991. The van der Waals surface area contributed by atoms with Crippen molar-refractivity contribution in [1.29, 1.82) is 0 Å². The van der Waals surface area contributed by atoms with E-state index in [1.807, 2.05) is 12.1 Å². The maximum absolute atomic E-state index is 14.9. The highest BCUT2D eigenvalue weighted by Gasteiger charge is 2.29. The molecule has 0 unspecified atom stereocenters. The Morgan fingerprint density at radius 1 is 0.814 bits per heavy atom. The molecule has 0 saturated heterocycles. The van der Waals surface area contributed by atoms with Gasteiger partial charge in [-0.3, -0.25) is 0 Å². The quantitative estimate of drug-likeness (QED) is 0.104.